The smallest absolute Gasteiger partial charge is 0.227 e. The quantitative estimate of drug-likeness (QED) is 0.726. The third-order valence-electron chi connectivity index (χ3n) is 5.05. The summed E-state index contributed by atoms with van der Waals surface area (Å²) in [4.78, 5) is 12.4. The fourth-order valence-corrected chi connectivity index (χ4v) is 3.57. The molecule has 1 amide bonds. The normalized spacial score (nSPS) is 25.8. The Morgan fingerprint density at radius 2 is 1.53 bits per heavy atom. The summed E-state index contributed by atoms with van der Waals surface area (Å²) in [6.07, 6.45) is 10.1. The van der Waals surface area contributed by atoms with Crippen LogP contribution in [0.2, 0.25) is 0 Å². The van der Waals surface area contributed by atoms with E-state index in [1.54, 1.807) is 0 Å². The molecule has 0 saturated heterocycles. The lowest BCUT2D eigenvalue weighted by Crippen LogP contribution is -2.52. The third kappa shape index (κ3) is 3.48. The summed E-state index contributed by atoms with van der Waals surface area (Å²) in [6.45, 7) is 0.824. The molecule has 110 valence electrons. The molecule has 0 atom stereocenters. The molecule has 0 bridgehead atoms. The van der Waals surface area contributed by atoms with Crippen LogP contribution in [0.15, 0.2) is 0 Å². The molecular weight excluding hydrogens is 240 g/mol. The molecule has 2 aliphatic rings. The molecule has 4 N–H and O–H groups in total. The van der Waals surface area contributed by atoms with E-state index in [1.807, 2.05) is 0 Å². The first-order chi connectivity index (χ1) is 9.10. The standard InChI is InChI=1S/C15H28N2O2/c16-11-14(7-3-1-4-8-14)13(18)17-12-15(19)9-5-2-6-10-15/h19H,1-12,16H2,(H,17,18). The molecule has 19 heavy (non-hydrogen) atoms. The minimum absolute atomic E-state index is 0.0636. The molecule has 0 aliphatic heterocycles. The zero-order valence-electron chi connectivity index (χ0n) is 11.9. The van der Waals surface area contributed by atoms with Gasteiger partial charge in [0, 0.05) is 13.1 Å². The van der Waals surface area contributed by atoms with E-state index < -0.39 is 5.60 Å². The van der Waals surface area contributed by atoms with E-state index in [4.69, 9.17) is 5.73 Å². The van der Waals surface area contributed by atoms with E-state index in [-0.39, 0.29) is 11.3 Å². The van der Waals surface area contributed by atoms with Crippen molar-refractivity contribution < 1.29 is 9.90 Å². The van der Waals surface area contributed by atoms with Crippen molar-refractivity contribution in [3.63, 3.8) is 0 Å². The van der Waals surface area contributed by atoms with Gasteiger partial charge in [0.05, 0.1) is 11.0 Å². The Labute approximate surface area is 116 Å². The van der Waals surface area contributed by atoms with Crippen LogP contribution in [0.5, 0.6) is 0 Å². The molecule has 0 aromatic rings. The zero-order valence-corrected chi connectivity index (χ0v) is 11.9. The second-order valence-electron chi connectivity index (χ2n) is 6.51. The third-order valence-corrected chi connectivity index (χ3v) is 5.05. The van der Waals surface area contributed by atoms with Crippen molar-refractivity contribution in [3.05, 3.63) is 0 Å². The van der Waals surface area contributed by atoms with Gasteiger partial charge in [-0.3, -0.25) is 4.79 Å². The van der Waals surface area contributed by atoms with Gasteiger partial charge in [0.25, 0.3) is 0 Å². The molecule has 4 nitrogen and oxygen atoms in total. The van der Waals surface area contributed by atoms with Gasteiger partial charge in [-0.05, 0) is 25.7 Å². The number of nitrogens with two attached hydrogens (primary N) is 1. The van der Waals surface area contributed by atoms with Crippen LogP contribution < -0.4 is 11.1 Å². The predicted molar refractivity (Wildman–Crippen MR) is 75.6 cm³/mol. The van der Waals surface area contributed by atoms with Crippen LogP contribution in [-0.4, -0.2) is 29.7 Å². The first-order valence-electron chi connectivity index (χ1n) is 7.81. The average molecular weight is 268 g/mol. The van der Waals surface area contributed by atoms with Crippen molar-refractivity contribution in [3.8, 4) is 0 Å². The molecule has 2 rings (SSSR count). The molecule has 2 saturated carbocycles. The second kappa shape index (κ2) is 6.23. The highest BCUT2D eigenvalue weighted by molar-refractivity contribution is 5.83. The lowest BCUT2D eigenvalue weighted by Gasteiger charge is -2.37. The highest BCUT2D eigenvalue weighted by Gasteiger charge is 2.39. The number of rotatable bonds is 4. The van der Waals surface area contributed by atoms with E-state index in [0.717, 1.165) is 51.4 Å². The molecule has 2 fully saturated rings. The minimum atomic E-state index is -0.682. The minimum Gasteiger partial charge on any atom is -0.388 e. The molecule has 0 aromatic heterocycles. The molecule has 0 spiro atoms. The topological polar surface area (TPSA) is 75.4 Å². The molecule has 0 unspecified atom stereocenters. The van der Waals surface area contributed by atoms with Crippen molar-refractivity contribution in [2.75, 3.05) is 13.1 Å². The van der Waals surface area contributed by atoms with Crippen molar-refractivity contribution in [2.24, 2.45) is 11.1 Å². The highest BCUT2D eigenvalue weighted by atomic mass is 16.3. The largest absolute Gasteiger partial charge is 0.388 e. The van der Waals surface area contributed by atoms with Crippen LogP contribution >= 0.6 is 0 Å². The number of carbonyl (C=O) groups excluding carboxylic acids is 1. The Morgan fingerprint density at radius 3 is 2.05 bits per heavy atom. The van der Waals surface area contributed by atoms with Crippen LogP contribution in [0.4, 0.5) is 0 Å². The van der Waals surface area contributed by atoms with Crippen molar-refractivity contribution >= 4 is 5.91 Å². The summed E-state index contributed by atoms with van der Waals surface area (Å²) >= 11 is 0. The summed E-state index contributed by atoms with van der Waals surface area (Å²) in [7, 11) is 0. The molecule has 4 heteroatoms. The summed E-state index contributed by atoms with van der Waals surface area (Å²) in [5.74, 6) is 0.0636. The van der Waals surface area contributed by atoms with Gasteiger partial charge in [0.1, 0.15) is 0 Å². The first-order valence-corrected chi connectivity index (χ1v) is 7.81. The van der Waals surface area contributed by atoms with Gasteiger partial charge < -0.3 is 16.2 Å². The Bertz CT molecular complexity index is 305. The zero-order chi connectivity index (χ0) is 13.8. The van der Waals surface area contributed by atoms with Gasteiger partial charge in [-0.1, -0.05) is 38.5 Å². The Kier molecular flexibility index (Phi) is 4.85. The van der Waals surface area contributed by atoms with Gasteiger partial charge in [0.15, 0.2) is 0 Å². The first kappa shape index (κ1) is 14.8. The summed E-state index contributed by atoms with van der Waals surface area (Å²) in [5, 5.41) is 13.4. The Hall–Kier alpha value is -0.610. The van der Waals surface area contributed by atoms with E-state index >= 15 is 0 Å². The number of aliphatic hydroxyl groups is 1. The molecular formula is C15H28N2O2. The van der Waals surface area contributed by atoms with Crippen molar-refractivity contribution in [1.29, 1.82) is 0 Å². The van der Waals surface area contributed by atoms with Gasteiger partial charge in [-0.2, -0.15) is 0 Å². The van der Waals surface area contributed by atoms with E-state index in [9.17, 15) is 9.90 Å². The van der Waals surface area contributed by atoms with Crippen LogP contribution in [-0.2, 0) is 4.79 Å². The maximum absolute atomic E-state index is 12.4. The number of carbonyl (C=O) groups is 1. The summed E-state index contributed by atoms with van der Waals surface area (Å²) in [5.41, 5.74) is 4.80. The lowest BCUT2D eigenvalue weighted by atomic mass is 9.73. The second-order valence-corrected chi connectivity index (χ2v) is 6.51. The van der Waals surface area contributed by atoms with Crippen molar-refractivity contribution in [2.45, 2.75) is 69.8 Å². The molecule has 0 heterocycles. The van der Waals surface area contributed by atoms with Gasteiger partial charge in [-0.25, -0.2) is 0 Å². The van der Waals surface area contributed by atoms with Gasteiger partial charge >= 0.3 is 0 Å². The van der Waals surface area contributed by atoms with Crippen molar-refractivity contribution in [1.82, 2.24) is 5.32 Å². The summed E-state index contributed by atoms with van der Waals surface area (Å²) in [6, 6.07) is 0. The predicted octanol–water partition coefficient (Wildman–Crippen LogP) is 1.71. The lowest BCUT2D eigenvalue weighted by molar-refractivity contribution is -0.134. The summed E-state index contributed by atoms with van der Waals surface area (Å²) < 4.78 is 0. The number of amides is 1. The monoisotopic (exact) mass is 268 g/mol. The van der Waals surface area contributed by atoms with E-state index in [1.165, 1.54) is 12.8 Å². The van der Waals surface area contributed by atoms with Crippen LogP contribution in [0.1, 0.15) is 64.2 Å². The number of nitrogens with one attached hydrogen (secondary N) is 1. The van der Waals surface area contributed by atoms with Crippen LogP contribution in [0, 0.1) is 5.41 Å². The Morgan fingerprint density at radius 1 is 1.00 bits per heavy atom. The fraction of sp³-hybridized carbons (Fsp3) is 0.933. The van der Waals surface area contributed by atoms with Crippen LogP contribution in [0.25, 0.3) is 0 Å². The van der Waals surface area contributed by atoms with Crippen LogP contribution in [0.3, 0.4) is 0 Å². The van der Waals surface area contributed by atoms with E-state index in [0.29, 0.717) is 13.1 Å². The molecule has 0 aromatic carbocycles. The fourth-order valence-electron chi connectivity index (χ4n) is 3.57. The highest BCUT2D eigenvalue weighted by Crippen LogP contribution is 2.36. The molecule has 2 aliphatic carbocycles. The van der Waals surface area contributed by atoms with Gasteiger partial charge in [0.2, 0.25) is 5.91 Å². The maximum atomic E-state index is 12.4. The van der Waals surface area contributed by atoms with E-state index in [2.05, 4.69) is 5.32 Å². The average Bonchev–Trinajstić information content (AvgIpc) is 2.46. The SMILES string of the molecule is NCC1(C(=O)NCC2(O)CCCCC2)CCCCC1. The Balaban J connectivity index is 1.88. The number of hydrogen-bond donors (Lipinski definition) is 3. The maximum Gasteiger partial charge on any atom is 0.227 e. The van der Waals surface area contributed by atoms with Gasteiger partial charge in [-0.15, -0.1) is 0 Å². The number of hydrogen-bond acceptors (Lipinski definition) is 3. The molecule has 0 radical (unpaired) electrons.